The number of carbonyl (C=O) groups excluding carboxylic acids is 1. The molecule has 16 heavy (non-hydrogen) atoms. The molecule has 1 fully saturated rings. The second-order valence-electron chi connectivity index (χ2n) is 4.53. The SMILES string of the molecule is CN1CCN(C)C(C(=O)Cc2ccsc2)C1. The summed E-state index contributed by atoms with van der Waals surface area (Å²) in [6, 6.07) is 2.11. The number of hydrogen-bond donors (Lipinski definition) is 0. The molecule has 0 aromatic carbocycles. The molecule has 0 amide bonds. The zero-order valence-electron chi connectivity index (χ0n) is 9.85. The van der Waals surface area contributed by atoms with Crippen LogP contribution in [0.3, 0.4) is 0 Å². The van der Waals surface area contributed by atoms with Crippen molar-refractivity contribution in [2.75, 3.05) is 33.7 Å². The Labute approximate surface area is 101 Å². The first-order valence-corrected chi connectivity index (χ1v) is 6.53. The van der Waals surface area contributed by atoms with Crippen LogP contribution in [0.4, 0.5) is 0 Å². The van der Waals surface area contributed by atoms with E-state index in [1.54, 1.807) is 11.3 Å². The van der Waals surface area contributed by atoms with Crippen LogP contribution in [-0.4, -0.2) is 55.4 Å². The van der Waals surface area contributed by atoms with Gasteiger partial charge in [-0.2, -0.15) is 11.3 Å². The molecule has 3 nitrogen and oxygen atoms in total. The highest BCUT2D eigenvalue weighted by atomic mass is 32.1. The van der Waals surface area contributed by atoms with Gasteiger partial charge in [-0.25, -0.2) is 0 Å². The summed E-state index contributed by atoms with van der Waals surface area (Å²) in [7, 11) is 4.13. The molecule has 1 aromatic rings. The first-order valence-electron chi connectivity index (χ1n) is 5.59. The quantitative estimate of drug-likeness (QED) is 0.788. The third-order valence-corrected chi connectivity index (χ3v) is 3.91. The van der Waals surface area contributed by atoms with Crippen molar-refractivity contribution < 1.29 is 4.79 Å². The first kappa shape index (κ1) is 11.8. The molecule has 1 saturated heterocycles. The van der Waals surface area contributed by atoms with Gasteiger partial charge in [0.15, 0.2) is 5.78 Å². The molecule has 0 N–H and O–H groups in total. The van der Waals surface area contributed by atoms with Crippen LogP contribution < -0.4 is 0 Å². The van der Waals surface area contributed by atoms with Crippen molar-refractivity contribution in [2.24, 2.45) is 0 Å². The lowest BCUT2D eigenvalue weighted by atomic mass is 10.0. The summed E-state index contributed by atoms with van der Waals surface area (Å²) in [4.78, 5) is 16.6. The smallest absolute Gasteiger partial charge is 0.155 e. The predicted molar refractivity (Wildman–Crippen MR) is 66.9 cm³/mol. The van der Waals surface area contributed by atoms with Crippen molar-refractivity contribution in [1.82, 2.24) is 9.80 Å². The van der Waals surface area contributed by atoms with E-state index in [2.05, 4.69) is 22.2 Å². The molecular formula is C12H18N2OS. The van der Waals surface area contributed by atoms with Gasteiger partial charge in [-0.1, -0.05) is 0 Å². The number of Topliss-reactive ketones (excluding diaryl/α,β-unsaturated/α-hetero) is 1. The van der Waals surface area contributed by atoms with Gasteiger partial charge in [0.1, 0.15) is 0 Å². The van der Waals surface area contributed by atoms with Crippen LogP contribution in [0, 0.1) is 0 Å². The monoisotopic (exact) mass is 238 g/mol. The Hall–Kier alpha value is -0.710. The van der Waals surface area contributed by atoms with Gasteiger partial charge in [-0.05, 0) is 36.5 Å². The van der Waals surface area contributed by atoms with Crippen molar-refractivity contribution in [2.45, 2.75) is 12.5 Å². The highest BCUT2D eigenvalue weighted by Crippen LogP contribution is 2.12. The van der Waals surface area contributed by atoms with Crippen LogP contribution in [0.2, 0.25) is 0 Å². The second kappa shape index (κ2) is 5.08. The van der Waals surface area contributed by atoms with Crippen molar-refractivity contribution in [3.63, 3.8) is 0 Å². The van der Waals surface area contributed by atoms with Crippen LogP contribution >= 0.6 is 11.3 Å². The number of ketones is 1. The first-order chi connectivity index (χ1) is 7.66. The Morgan fingerprint density at radius 2 is 2.31 bits per heavy atom. The average molecular weight is 238 g/mol. The van der Waals surface area contributed by atoms with E-state index in [-0.39, 0.29) is 6.04 Å². The van der Waals surface area contributed by atoms with E-state index < -0.39 is 0 Å². The molecule has 0 spiro atoms. The number of piperazine rings is 1. The minimum absolute atomic E-state index is 0.0682. The van der Waals surface area contributed by atoms with Gasteiger partial charge in [0.25, 0.3) is 0 Å². The van der Waals surface area contributed by atoms with Gasteiger partial charge >= 0.3 is 0 Å². The molecule has 88 valence electrons. The highest BCUT2D eigenvalue weighted by molar-refractivity contribution is 7.07. The predicted octanol–water partition coefficient (Wildman–Crippen LogP) is 1.11. The van der Waals surface area contributed by atoms with Crippen molar-refractivity contribution in [1.29, 1.82) is 0 Å². The van der Waals surface area contributed by atoms with Gasteiger partial charge in [0.2, 0.25) is 0 Å². The van der Waals surface area contributed by atoms with Crippen molar-refractivity contribution >= 4 is 17.1 Å². The lowest BCUT2D eigenvalue weighted by Crippen LogP contribution is -2.53. The summed E-state index contributed by atoms with van der Waals surface area (Å²) >= 11 is 1.65. The van der Waals surface area contributed by atoms with E-state index in [4.69, 9.17) is 0 Å². The fourth-order valence-corrected chi connectivity index (χ4v) is 2.74. The number of nitrogens with zero attached hydrogens (tertiary/aromatic N) is 2. The molecule has 1 unspecified atom stereocenters. The summed E-state index contributed by atoms with van der Waals surface area (Å²) in [6.45, 7) is 2.90. The van der Waals surface area contributed by atoms with E-state index in [9.17, 15) is 4.79 Å². The minimum atomic E-state index is 0.0682. The van der Waals surface area contributed by atoms with Crippen molar-refractivity contribution in [3.8, 4) is 0 Å². The molecule has 1 atom stereocenters. The van der Waals surface area contributed by atoms with Gasteiger partial charge in [-0.15, -0.1) is 0 Å². The number of hydrogen-bond acceptors (Lipinski definition) is 4. The van der Waals surface area contributed by atoms with E-state index in [1.165, 1.54) is 0 Å². The Balaban J connectivity index is 1.97. The third-order valence-electron chi connectivity index (χ3n) is 3.18. The summed E-state index contributed by atoms with van der Waals surface area (Å²) < 4.78 is 0. The summed E-state index contributed by atoms with van der Waals surface area (Å²) in [5.41, 5.74) is 1.15. The third kappa shape index (κ3) is 2.70. The number of carbonyl (C=O) groups is 1. The molecule has 4 heteroatoms. The normalized spacial score (nSPS) is 23.5. The maximum atomic E-state index is 12.2. The molecule has 0 saturated carbocycles. The zero-order valence-corrected chi connectivity index (χ0v) is 10.7. The largest absolute Gasteiger partial charge is 0.303 e. The zero-order chi connectivity index (χ0) is 11.5. The van der Waals surface area contributed by atoms with Crippen LogP contribution in [0.1, 0.15) is 5.56 Å². The van der Waals surface area contributed by atoms with Gasteiger partial charge in [0.05, 0.1) is 6.04 Å². The maximum Gasteiger partial charge on any atom is 0.155 e. The average Bonchev–Trinajstić information content (AvgIpc) is 2.74. The Morgan fingerprint density at radius 3 is 3.00 bits per heavy atom. The molecule has 2 rings (SSSR count). The standard InChI is InChI=1S/C12H18N2OS/c1-13-4-5-14(2)11(8-13)12(15)7-10-3-6-16-9-10/h3,6,9,11H,4-5,7-8H2,1-2H3. The van der Waals surface area contributed by atoms with Gasteiger partial charge < -0.3 is 4.90 Å². The summed E-state index contributed by atoms with van der Waals surface area (Å²) in [5.74, 6) is 0.340. The van der Waals surface area contributed by atoms with Crippen LogP contribution in [0.5, 0.6) is 0 Å². The molecule has 1 aliphatic heterocycles. The fraction of sp³-hybridized carbons (Fsp3) is 0.583. The molecule has 2 heterocycles. The van der Waals surface area contributed by atoms with Gasteiger partial charge in [0, 0.05) is 26.1 Å². The molecule has 0 radical (unpaired) electrons. The molecule has 1 aliphatic rings. The van der Waals surface area contributed by atoms with E-state index in [0.717, 1.165) is 25.2 Å². The van der Waals surface area contributed by atoms with E-state index in [0.29, 0.717) is 12.2 Å². The molecule has 0 aliphatic carbocycles. The molecule has 0 bridgehead atoms. The Kier molecular flexibility index (Phi) is 3.74. The van der Waals surface area contributed by atoms with E-state index >= 15 is 0 Å². The second-order valence-corrected chi connectivity index (χ2v) is 5.31. The molecule has 1 aromatic heterocycles. The summed E-state index contributed by atoms with van der Waals surface area (Å²) in [6.07, 6.45) is 0.576. The van der Waals surface area contributed by atoms with Crippen molar-refractivity contribution in [3.05, 3.63) is 22.4 Å². The van der Waals surface area contributed by atoms with E-state index in [1.807, 2.05) is 18.5 Å². The minimum Gasteiger partial charge on any atom is -0.303 e. The maximum absolute atomic E-state index is 12.2. The lowest BCUT2D eigenvalue weighted by molar-refractivity contribution is -0.125. The fourth-order valence-electron chi connectivity index (χ4n) is 2.07. The topological polar surface area (TPSA) is 23.6 Å². The van der Waals surface area contributed by atoms with Crippen LogP contribution in [-0.2, 0) is 11.2 Å². The van der Waals surface area contributed by atoms with Crippen LogP contribution in [0.25, 0.3) is 0 Å². The summed E-state index contributed by atoms with van der Waals surface area (Å²) in [5, 5.41) is 4.09. The lowest BCUT2D eigenvalue weighted by Gasteiger charge is -2.36. The molecular weight excluding hydrogens is 220 g/mol. The Bertz CT molecular complexity index is 350. The number of likely N-dealkylation sites (N-methyl/N-ethyl adjacent to an activating group) is 2. The number of rotatable bonds is 3. The number of thiophene rings is 1. The van der Waals surface area contributed by atoms with Gasteiger partial charge in [-0.3, -0.25) is 9.69 Å². The van der Waals surface area contributed by atoms with Crippen LogP contribution in [0.15, 0.2) is 16.8 Å². The Morgan fingerprint density at radius 1 is 1.50 bits per heavy atom. The highest BCUT2D eigenvalue weighted by Gasteiger charge is 2.27.